The van der Waals surface area contributed by atoms with Gasteiger partial charge in [-0.05, 0) is 35.4 Å². The van der Waals surface area contributed by atoms with Crippen LogP contribution in [0.25, 0.3) is 6.08 Å². The largest absolute Gasteiger partial charge is 0.480 e. The van der Waals surface area contributed by atoms with Crippen molar-refractivity contribution in [3.63, 3.8) is 0 Å². The standard InChI is InChI=1S/C22H14Cl2O2/c23-18-11-6-9-15(20(18)24)13-17-21(25)16-10-4-5-12-19(16)26-22(17)14-7-2-1-3-8-14/h1-13,22H/b17-13-/t22-/m1/s1. The Hall–Kier alpha value is -2.55. The second-order valence-electron chi connectivity index (χ2n) is 5.98. The van der Waals surface area contributed by atoms with Crippen molar-refractivity contribution in [1.82, 2.24) is 0 Å². The number of fused-ring (bicyclic) bond motifs is 1. The number of para-hydroxylation sites is 1. The van der Waals surface area contributed by atoms with Gasteiger partial charge in [0.2, 0.25) is 0 Å². The van der Waals surface area contributed by atoms with Crippen LogP contribution in [-0.4, -0.2) is 5.78 Å². The molecule has 1 aliphatic rings. The van der Waals surface area contributed by atoms with E-state index in [0.29, 0.717) is 32.5 Å². The Kier molecular flexibility index (Phi) is 4.54. The minimum Gasteiger partial charge on any atom is -0.480 e. The molecule has 128 valence electrons. The van der Waals surface area contributed by atoms with Crippen LogP contribution < -0.4 is 4.74 Å². The molecule has 1 atom stereocenters. The number of ether oxygens (including phenoxy) is 1. The first-order valence-corrected chi connectivity index (χ1v) is 8.91. The van der Waals surface area contributed by atoms with E-state index in [9.17, 15) is 4.79 Å². The fourth-order valence-electron chi connectivity index (χ4n) is 3.04. The van der Waals surface area contributed by atoms with Gasteiger partial charge < -0.3 is 4.74 Å². The number of carbonyl (C=O) groups is 1. The number of rotatable bonds is 2. The second-order valence-corrected chi connectivity index (χ2v) is 6.76. The Morgan fingerprint density at radius 3 is 2.38 bits per heavy atom. The summed E-state index contributed by atoms with van der Waals surface area (Å²) in [7, 11) is 0. The van der Waals surface area contributed by atoms with Crippen LogP contribution in [0.1, 0.15) is 27.6 Å². The predicted octanol–water partition coefficient (Wildman–Crippen LogP) is 6.39. The van der Waals surface area contributed by atoms with Gasteiger partial charge in [-0.15, -0.1) is 0 Å². The first-order chi connectivity index (χ1) is 12.6. The highest BCUT2D eigenvalue weighted by molar-refractivity contribution is 6.43. The SMILES string of the molecule is O=C1/C(=C/c2cccc(Cl)c2Cl)[C@@H](c2ccccc2)Oc2ccccc21. The molecule has 0 saturated heterocycles. The Balaban J connectivity index is 1.90. The Morgan fingerprint density at radius 1 is 0.846 bits per heavy atom. The Labute approximate surface area is 161 Å². The molecule has 0 aliphatic carbocycles. The fourth-order valence-corrected chi connectivity index (χ4v) is 3.40. The van der Waals surface area contributed by atoms with Crippen LogP contribution >= 0.6 is 23.2 Å². The zero-order valence-corrected chi connectivity index (χ0v) is 15.2. The van der Waals surface area contributed by atoms with Gasteiger partial charge >= 0.3 is 0 Å². The minimum absolute atomic E-state index is 0.0725. The molecule has 26 heavy (non-hydrogen) atoms. The normalized spacial score (nSPS) is 17.7. The molecule has 0 saturated carbocycles. The highest BCUT2D eigenvalue weighted by Gasteiger charge is 2.32. The van der Waals surface area contributed by atoms with Crippen molar-refractivity contribution in [2.24, 2.45) is 0 Å². The van der Waals surface area contributed by atoms with Crippen molar-refractivity contribution in [2.75, 3.05) is 0 Å². The van der Waals surface area contributed by atoms with Crippen molar-refractivity contribution in [3.05, 3.63) is 105 Å². The van der Waals surface area contributed by atoms with E-state index in [1.54, 1.807) is 24.3 Å². The summed E-state index contributed by atoms with van der Waals surface area (Å²) in [5, 5.41) is 0.863. The number of hydrogen-bond donors (Lipinski definition) is 0. The average molecular weight is 381 g/mol. The number of benzene rings is 3. The van der Waals surface area contributed by atoms with Crippen LogP contribution in [0.5, 0.6) is 5.75 Å². The smallest absolute Gasteiger partial charge is 0.196 e. The Bertz CT molecular complexity index is 1010. The first kappa shape index (κ1) is 16.9. The van der Waals surface area contributed by atoms with Gasteiger partial charge in [0.1, 0.15) is 5.75 Å². The van der Waals surface area contributed by atoms with Crippen LogP contribution in [-0.2, 0) is 0 Å². The zero-order valence-electron chi connectivity index (χ0n) is 13.7. The molecule has 0 bridgehead atoms. The third-order valence-corrected chi connectivity index (χ3v) is 5.15. The van der Waals surface area contributed by atoms with Gasteiger partial charge in [0.25, 0.3) is 0 Å². The lowest BCUT2D eigenvalue weighted by atomic mass is 9.89. The van der Waals surface area contributed by atoms with Gasteiger partial charge in [0.15, 0.2) is 11.9 Å². The Morgan fingerprint density at radius 2 is 1.58 bits per heavy atom. The van der Waals surface area contributed by atoms with Gasteiger partial charge in [-0.3, -0.25) is 4.79 Å². The molecule has 4 rings (SSSR count). The van der Waals surface area contributed by atoms with Crippen molar-refractivity contribution < 1.29 is 9.53 Å². The van der Waals surface area contributed by atoms with E-state index in [2.05, 4.69) is 0 Å². The molecule has 0 spiro atoms. The molecular formula is C22H14Cl2O2. The molecule has 0 aromatic heterocycles. The van der Waals surface area contributed by atoms with Crippen molar-refractivity contribution in [3.8, 4) is 5.75 Å². The summed E-state index contributed by atoms with van der Waals surface area (Å²) < 4.78 is 6.18. The molecule has 0 unspecified atom stereocenters. The summed E-state index contributed by atoms with van der Waals surface area (Å²) in [6.45, 7) is 0. The van der Waals surface area contributed by atoms with Crippen LogP contribution in [0, 0.1) is 0 Å². The minimum atomic E-state index is -0.506. The van der Waals surface area contributed by atoms with Crippen LogP contribution in [0.15, 0.2) is 78.4 Å². The average Bonchev–Trinajstić information content (AvgIpc) is 2.68. The summed E-state index contributed by atoms with van der Waals surface area (Å²) in [4.78, 5) is 13.2. The number of halogens is 2. The van der Waals surface area contributed by atoms with Crippen LogP contribution in [0.3, 0.4) is 0 Å². The van der Waals surface area contributed by atoms with Crippen molar-refractivity contribution >= 4 is 35.1 Å². The molecule has 2 nitrogen and oxygen atoms in total. The van der Waals surface area contributed by atoms with E-state index in [1.807, 2.05) is 54.6 Å². The van der Waals surface area contributed by atoms with E-state index in [1.165, 1.54) is 0 Å². The van der Waals surface area contributed by atoms with Gasteiger partial charge in [-0.25, -0.2) is 0 Å². The second kappa shape index (κ2) is 6.99. The molecule has 1 heterocycles. The number of ketones is 1. The van der Waals surface area contributed by atoms with E-state index in [4.69, 9.17) is 27.9 Å². The summed E-state index contributed by atoms with van der Waals surface area (Å²) >= 11 is 12.5. The summed E-state index contributed by atoms with van der Waals surface area (Å²) in [6.07, 6.45) is 1.26. The van der Waals surface area contributed by atoms with Crippen molar-refractivity contribution in [2.45, 2.75) is 6.10 Å². The van der Waals surface area contributed by atoms with E-state index < -0.39 is 6.10 Å². The molecule has 4 heteroatoms. The summed E-state index contributed by atoms with van der Waals surface area (Å²) in [5.41, 5.74) is 2.66. The van der Waals surface area contributed by atoms with Gasteiger partial charge in [-0.2, -0.15) is 0 Å². The number of carbonyl (C=O) groups excluding carboxylic acids is 1. The lowest BCUT2D eigenvalue weighted by molar-refractivity contribution is 0.0963. The lowest BCUT2D eigenvalue weighted by Gasteiger charge is -2.28. The molecule has 0 amide bonds. The van der Waals surface area contributed by atoms with Crippen LogP contribution in [0.2, 0.25) is 10.0 Å². The molecule has 0 N–H and O–H groups in total. The highest BCUT2D eigenvalue weighted by atomic mass is 35.5. The maximum absolute atomic E-state index is 13.2. The van der Waals surface area contributed by atoms with E-state index in [-0.39, 0.29) is 5.78 Å². The van der Waals surface area contributed by atoms with E-state index >= 15 is 0 Å². The molecular weight excluding hydrogens is 367 g/mol. The fraction of sp³-hybridized carbons (Fsp3) is 0.0455. The molecule has 1 aliphatic heterocycles. The summed E-state index contributed by atoms with van der Waals surface area (Å²) in [6, 6.07) is 22.3. The maximum Gasteiger partial charge on any atom is 0.196 e. The maximum atomic E-state index is 13.2. The topological polar surface area (TPSA) is 26.3 Å². The number of hydrogen-bond acceptors (Lipinski definition) is 2. The highest BCUT2D eigenvalue weighted by Crippen LogP contribution is 2.40. The number of Topliss-reactive ketones (excluding diaryl/α,β-unsaturated/α-hetero) is 1. The zero-order chi connectivity index (χ0) is 18.1. The first-order valence-electron chi connectivity index (χ1n) is 8.16. The molecule has 0 radical (unpaired) electrons. The van der Waals surface area contributed by atoms with Crippen molar-refractivity contribution in [1.29, 1.82) is 0 Å². The monoisotopic (exact) mass is 380 g/mol. The van der Waals surface area contributed by atoms with Gasteiger partial charge in [-0.1, -0.05) is 77.8 Å². The van der Waals surface area contributed by atoms with Crippen LogP contribution in [0.4, 0.5) is 0 Å². The third-order valence-electron chi connectivity index (χ3n) is 4.32. The van der Waals surface area contributed by atoms with E-state index in [0.717, 1.165) is 5.56 Å². The molecule has 0 fully saturated rings. The summed E-state index contributed by atoms with van der Waals surface area (Å²) in [5.74, 6) is 0.512. The third kappa shape index (κ3) is 3.03. The quantitative estimate of drug-likeness (QED) is 0.481. The lowest BCUT2D eigenvalue weighted by Crippen LogP contribution is -2.23. The molecule has 3 aromatic rings. The van der Waals surface area contributed by atoms with Gasteiger partial charge in [0, 0.05) is 5.57 Å². The predicted molar refractivity (Wildman–Crippen MR) is 105 cm³/mol. The molecule has 3 aromatic carbocycles. The van der Waals surface area contributed by atoms with Gasteiger partial charge in [0.05, 0.1) is 15.6 Å².